The fourth-order valence-electron chi connectivity index (χ4n) is 10.9. The summed E-state index contributed by atoms with van der Waals surface area (Å²) in [4.78, 5) is 12.8. The van der Waals surface area contributed by atoms with Crippen LogP contribution in [0.15, 0.2) is 11.6 Å². The minimum Gasteiger partial charge on any atom is -0.481 e. The van der Waals surface area contributed by atoms with Gasteiger partial charge < -0.3 is 20.4 Å². The van der Waals surface area contributed by atoms with E-state index in [4.69, 9.17) is 0 Å². The quantitative estimate of drug-likeness (QED) is 0.388. The number of allylic oxidation sites excluding steroid dienone is 2. The maximum atomic E-state index is 12.8. The van der Waals surface area contributed by atoms with Gasteiger partial charge in [0.15, 0.2) is 0 Å². The van der Waals surface area contributed by atoms with Gasteiger partial charge in [0, 0.05) is 5.41 Å². The fourth-order valence-corrected chi connectivity index (χ4v) is 10.9. The number of aliphatic hydroxyl groups is 3. The van der Waals surface area contributed by atoms with Crippen molar-refractivity contribution in [3.8, 4) is 0 Å². The molecule has 5 aliphatic carbocycles. The Morgan fingerprint density at radius 2 is 1.54 bits per heavy atom. The molecule has 0 aromatic rings. The third-order valence-corrected chi connectivity index (χ3v) is 13.5. The molecule has 0 aromatic heterocycles. The fraction of sp³-hybridized carbons (Fsp3) is 0.900. The third-order valence-electron chi connectivity index (χ3n) is 13.5. The highest BCUT2D eigenvalue weighted by Gasteiger charge is 2.72. The summed E-state index contributed by atoms with van der Waals surface area (Å²) < 4.78 is 0. The van der Waals surface area contributed by atoms with Crippen LogP contribution in [-0.2, 0) is 4.79 Å². The summed E-state index contributed by atoms with van der Waals surface area (Å²) in [5, 5.41) is 44.0. The molecule has 0 amide bonds. The Labute approximate surface area is 211 Å². The van der Waals surface area contributed by atoms with Crippen molar-refractivity contribution in [2.45, 2.75) is 112 Å². The van der Waals surface area contributed by atoms with Crippen LogP contribution in [0, 0.1) is 56.7 Å². The lowest BCUT2D eigenvalue weighted by Crippen LogP contribution is -2.72. The Morgan fingerprint density at radius 1 is 0.886 bits per heavy atom. The zero-order valence-corrected chi connectivity index (χ0v) is 22.8. The topological polar surface area (TPSA) is 98.0 Å². The number of aliphatic hydroxyl groups excluding tert-OH is 3. The van der Waals surface area contributed by atoms with E-state index in [1.807, 2.05) is 0 Å². The van der Waals surface area contributed by atoms with E-state index in [1.165, 1.54) is 5.57 Å². The molecule has 3 unspecified atom stereocenters. The second kappa shape index (κ2) is 7.57. The first-order valence-corrected chi connectivity index (χ1v) is 14.1. The highest BCUT2D eigenvalue weighted by atomic mass is 16.4. The highest BCUT2D eigenvalue weighted by Crippen LogP contribution is 2.75. The molecule has 4 fully saturated rings. The van der Waals surface area contributed by atoms with Crippen molar-refractivity contribution in [2.75, 3.05) is 0 Å². The molecule has 0 heterocycles. The minimum absolute atomic E-state index is 0.0611. The molecule has 0 radical (unpaired) electrons. The van der Waals surface area contributed by atoms with E-state index in [0.717, 1.165) is 44.9 Å². The van der Waals surface area contributed by atoms with Crippen LogP contribution < -0.4 is 0 Å². The van der Waals surface area contributed by atoms with Crippen LogP contribution in [0.2, 0.25) is 0 Å². The standard InChI is InChI=1S/C30H48O5/c1-16-10-13-30(25(34)35)15-14-27(5)18(21(30)17(16)2)8-9-20-28(27,6)12-11-19-26(3,4)23(32)22(31)24(33)29(19,20)7/h8,16-17,19-24,31-33H,9-15H2,1-7H3,(H,34,35)/t16-,17+,19?,20?,21?,22+,23-,24-,27-,28-,29+,30+/m1/s1. The summed E-state index contributed by atoms with van der Waals surface area (Å²) in [6.45, 7) is 15.6. The smallest absolute Gasteiger partial charge is 0.310 e. The molecular formula is C30H48O5. The second-order valence-corrected chi connectivity index (χ2v) is 14.7. The van der Waals surface area contributed by atoms with Gasteiger partial charge in [0.05, 0.1) is 17.6 Å². The molecule has 0 aromatic carbocycles. The van der Waals surface area contributed by atoms with Gasteiger partial charge in [-0.3, -0.25) is 4.79 Å². The van der Waals surface area contributed by atoms with E-state index in [0.29, 0.717) is 11.8 Å². The number of rotatable bonds is 1. The monoisotopic (exact) mass is 488 g/mol. The summed E-state index contributed by atoms with van der Waals surface area (Å²) in [6.07, 6.45) is 5.34. The van der Waals surface area contributed by atoms with Crippen molar-refractivity contribution in [1.82, 2.24) is 0 Å². The number of aliphatic carboxylic acids is 1. The van der Waals surface area contributed by atoms with Gasteiger partial charge in [-0.15, -0.1) is 0 Å². The summed E-state index contributed by atoms with van der Waals surface area (Å²) in [5.74, 6) is 0.545. The van der Waals surface area contributed by atoms with Gasteiger partial charge in [-0.1, -0.05) is 60.1 Å². The van der Waals surface area contributed by atoms with Crippen LogP contribution in [0.5, 0.6) is 0 Å². The maximum absolute atomic E-state index is 12.8. The average molecular weight is 489 g/mol. The van der Waals surface area contributed by atoms with E-state index >= 15 is 0 Å². The van der Waals surface area contributed by atoms with Crippen molar-refractivity contribution < 1.29 is 25.2 Å². The molecule has 35 heavy (non-hydrogen) atoms. The molecule has 198 valence electrons. The SMILES string of the molecule is C[C@@H]1CC[C@]2(C(=O)O)CC[C@]3(C)C(=CCC4[C@]5(C)C(CC[C@]43C)C(C)(C)[C@H](O)[C@H](O)[C@H]5O)C2[C@H]1C. The van der Waals surface area contributed by atoms with Crippen molar-refractivity contribution in [1.29, 1.82) is 0 Å². The summed E-state index contributed by atoms with van der Waals surface area (Å²) >= 11 is 0. The number of carboxylic acid groups (broad SMARTS) is 1. The normalized spacial score (nSPS) is 57.1. The van der Waals surface area contributed by atoms with E-state index in [9.17, 15) is 25.2 Å². The molecular weight excluding hydrogens is 440 g/mol. The van der Waals surface area contributed by atoms with Crippen LogP contribution in [0.3, 0.4) is 0 Å². The van der Waals surface area contributed by atoms with Crippen LogP contribution in [0.4, 0.5) is 0 Å². The van der Waals surface area contributed by atoms with Gasteiger partial charge in [-0.05, 0) is 90.8 Å². The Balaban J connectivity index is 1.65. The van der Waals surface area contributed by atoms with Crippen molar-refractivity contribution in [2.24, 2.45) is 56.7 Å². The van der Waals surface area contributed by atoms with E-state index in [1.54, 1.807) is 0 Å². The predicted molar refractivity (Wildman–Crippen MR) is 135 cm³/mol. The second-order valence-electron chi connectivity index (χ2n) is 14.7. The maximum Gasteiger partial charge on any atom is 0.310 e. The van der Waals surface area contributed by atoms with E-state index in [2.05, 4.69) is 54.5 Å². The number of hydrogen-bond acceptors (Lipinski definition) is 4. The Morgan fingerprint density at radius 3 is 2.17 bits per heavy atom. The Kier molecular flexibility index (Phi) is 5.56. The van der Waals surface area contributed by atoms with Crippen molar-refractivity contribution in [3.05, 3.63) is 11.6 Å². The van der Waals surface area contributed by atoms with E-state index < -0.39 is 40.5 Å². The van der Waals surface area contributed by atoms with Gasteiger partial charge >= 0.3 is 5.97 Å². The van der Waals surface area contributed by atoms with Crippen molar-refractivity contribution >= 4 is 5.97 Å². The van der Waals surface area contributed by atoms with Gasteiger partial charge in [0.2, 0.25) is 0 Å². The van der Waals surface area contributed by atoms with Crippen LogP contribution in [-0.4, -0.2) is 44.7 Å². The zero-order valence-electron chi connectivity index (χ0n) is 22.8. The summed E-state index contributed by atoms with van der Waals surface area (Å²) in [7, 11) is 0. The van der Waals surface area contributed by atoms with Crippen LogP contribution in [0.1, 0.15) is 93.4 Å². The van der Waals surface area contributed by atoms with Gasteiger partial charge in [0.1, 0.15) is 6.10 Å². The van der Waals surface area contributed by atoms with Crippen LogP contribution >= 0.6 is 0 Å². The molecule has 5 aliphatic rings. The molecule has 12 atom stereocenters. The lowest BCUT2D eigenvalue weighted by atomic mass is 9.33. The Hall–Kier alpha value is -0.910. The first-order chi connectivity index (χ1) is 16.1. The predicted octanol–water partition coefficient (Wildman–Crippen LogP) is 5.03. The number of carboxylic acids is 1. The molecule has 5 heteroatoms. The molecule has 5 rings (SSSR count). The molecule has 4 N–H and O–H groups in total. The average Bonchev–Trinajstić information content (AvgIpc) is 2.79. The van der Waals surface area contributed by atoms with Crippen molar-refractivity contribution in [3.63, 3.8) is 0 Å². The Bertz CT molecular complexity index is 941. The van der Waals surface area contributed by atoms with Gasteiger partial charge in [0.25, 0.3) is 0 Å². The number of hydrogen-bond donors (Lipinski definition) is 4. The molecule has 0 bridgehead atoms. The zero-order chi connectivity index (χ0) is 25.9. The summed E-state index contributed by atoms with van der Waals surface area (Å²) in [5.41, 5.74) is -0.536. The molecule has 5 nitrogen and oxygen atoms in total. The molecule has 0 aliphatic heterocycles. The molecule has 0 saturated heterocycles. The molecule has 0 spiro atoms. The first-order valence-electron chi connectivity index (χ1n) is 14.1. The lowest BCUT2D eigenvalue weighted by molar-refractivity contribution is -0.278. The minimum atomic E-state index is -1.16. The van der Waals surface area contributed by atoms with Gasteiger partial charge in [-0.2, -0.15) is 0 Å². The van der Waals surface area contributed by atoms with E-state index in [-0.39, 0.29) is 28.6 Å². The molecule has 4 saturated carbocycles. The highest BCUT2D eigenvalue weighted by molar-refractivity contribution is 5.76. The first kappa shape index (κ1) is 25.7. The largest absolute Gasteiger partial charge is 0.481 e. The number of fused-ring (bicyclic) bond motifs is 7. The van der Waals surface area contributed by atoms with Crippen LogP contribution in [0.25, 0.3) is 0 Å². The number of carbonyl (C=O) groups is 1. The van der Waals surface area contributed by atoms with Gasteiger partial charge in [-0.25, -0.2) is 0 Å². The summed E-state index contributed by atoms with van der Waals surface area (Å²) in [6, 6.07) is 0. The lowest BCUT2D eigenvalue weighted by Gasteiger charge is -2.72. The third kappa shape index (κ3) is 2.84.